The smallest absolute Gasteiger partial charge is 0.257 e. The zero-order chi connectivity index (χ0) is 18.6. The molecule has 0 spiro atoms. The monoisotopic (exact) mass is 367 g/mol. The lowest BCUT2D eigenvalue weighted by molar-refractivity contribution is 0.0746. The first-order valence-corrected chi connectivity index (χ1v) is 9.50. The fraction of sp³-hybridized carbons (Fsp3) is 0.450. The Morgan fingerprint density at radius 1 is 0.889 bits per heavy atom. The number of carbonyl (C=O) groups is 1. The Kier molecular flexibility index (Phi) is 5.09. The van der Waals surface area contributed by atoms with Gasteiger partial charge in [0, 0.05) is 57.3 Å². The summed E-state index contributed by atoms with van der Waals surface area (Å²) in [5.74, 6) is 1.59. The van der Waals surface area contributed by atoms with E-state index in [-0.39, 0.29) is 5.91 Å². The number of ether oxygens (including phenoxy) is 1. The van der Waals surface area contributed by atoms with Gasteiger partial charge < -0.3 is 19.4 Å². The second-order valence-corrected chi connectivity index (χ2v) is 6.94. The minimum atomic E-state index is 0.0114. The average molecular weight is 367 g/mol. The van der Waals surface area contributed by atoms with E-state index < -0.39 is 0 Å². The van der Waals surface area contributed by atoms with Gasteiger partial charge in [-0.05, 0) is 37.1 Å². The van der Waals surface area contributed by atoms with Crippen molar-refractivity contribution >= 4 is 17.5 Å². The lowest BCUT2D eigenvalue weighted by atomic mass is 10.2. The van der Waals surface area contributed by atoms with Gasteiger partial charge in [-0.15, -0.1) is 0 Å². The number of amides is 1. The third kappa shape index (κ3) is 3.82. The van der Waals surface area contributed by atoms with Crippen LogP contribution in [0.2, 0.25) is 0 Å². The maximum atomic E-state index is 12.8. The first-order valence-electron chi connectivity index (χ1n) is 9.50. The van der Waals surface area contributed by atoms with Gasteiger partial charge in [-0.1, -0.05) is 0 Å². The first kappa shape index (κ1) is 17.6. The van der Waals surface area contributed by atoms with Crippen LogP contribution in [0.5, 0.6) is 5.75 Å². The van der Waals surface area contributed by atoms with Crippen LogP contribution in [0.1, 0.15) is 23.2 Å². The number of hydrogen-bond acceptors (Lipinski definition) is 6. The number of rotatable bonds is 4. The summed E-state index contributed by atoms with van der Waals surface area (Å²) in [5, 5.41) is 0. The van der Waals surface area contributed by atoms with Crippen molar-refractivity contribution < 1.29 is 9.53 Å². The number of methoxy groups -OCH3 is 1. The fourth-order valence-corrected chi connectivity index (χ4v) is 3.66. The van der Waals surface area contributed by atoms with Crippen molar-refractivity contribution in [1.82, 2.24) is 14.9 Å². The second-order valence-electron chi connectivity index (χ2n) is 6.94. The molecule has 27 heavy (non-hydrogen) atoms. The number of hydrogen-bond donors (Lipinski definition) is 0. The summed E-state index contributed by atoms with van der Waals surface area (Å²) in [7, 11) is 1.67. The molecule has 1 aromatic heterocycles. The lowest BCUT2D eigenvalue weighted by Crippen LogP contribution is -2.48. The number of aromatic nitrogens is 2. The molecule has 7 heteroatoms. The van der Waals surface area contributed by atoms with Crippen LogP contribution in [-0.2, 0) is 0 Å². The van der Waals surface area contributed by atoms with Crippen molar-refractivity contribution in [1.29, 1.82) is 0 Å². The molecule has 0 bridgehead atoms. The molecule has 2 aromatic rings. The van der Waals surface area contributed by atoms with Gasteiger partial charge in [0.25, 0.3) is 5.91 Å². The summed E-state index contributed by atoms with van der Waals surface area (Å²) in [6, 6.07) is 8.04. The van der Waals surface area contributed by atoms with Gasteiger partial charge >= 0.3 is 0 Å². The minimum Gasteiger partial charge on any atom is -0.497 e. The molecule has 2 fully saturated rings. The Labute approximate surface area is 159 Å². The Morgan fingerprint density at radius 2 is 1.52 bits per heavy atom. The summed E-state index contributed by atoms with van der Waals surface area (Å²) in [6.45, 7) is 5.01. The molecule has 0 N–H and O–H groups in total. The molecule has 0 saturated carbocycles. The van der Waals surface area contributed by atoms with Crippen LogP contribution < -0.4 is 14.5 Å². The third-order valence-electron chi connectivity index (χ3n) is 5.28. The highest BCUT2D eigenvalue weighted by molar-refractivity contribution is 5.93. The van der Waals surface area contributed by atoms with Crippen molar-refractivity contribution in [2.45, 2.75) is 12.8 Å². The zero-order valence-corrected chi connectivity index (χ0v) is 15.7. The molecule has 142 valence electrons. The number of nitrogens with zero attached hydrogens (tertiary/aromatic N) is 5. The molecule has 1 aromatic carbocycles. The number of piperazine rings is 1. The van der Waals surface area contributed by atoms with Gasteiger partial charge in [0.1, 0.15) is 5.75 Å². The van der Waals surface area contributed by atoms with Gasteiger partial charge in [-0.25, -0.2) is 9.97 Å². The molecule has 2 saturated heterocycles. The first-order chi connectivity index (χ1) is 13.2. The molecule has 1 amide bonds. The molecule has 3 heterocycles. The lowest BCUT2D eigenvalue weighted by Gasteiger charge is -2.36. The topological polar surface area (TPSA) is 61.8 Å². The van der Waals surface area contributed by atoms with E-state index in [2.05, 4.69) is 31.9 Å². The minimum absolute atomic E-state index is 0.0114. The van der Waals surface area contributed by atoms with Crippen LogP contribution >= 0.6 is 0 Å². The summed E-state index contributed by atoms with van der Waals surface area (Å²) in [5.41, 5.74) is 1.72. The molecule has 7 nitrogen and oxygen atoms in total. The highest BCUT2D eigenvalue weighted by Gasteiger charge is 2.23. The predicted molar refractivity (Wildman–Crippen MR) is 105 cm³/mol. The van der Waals surface area contributed by atoms with E-state index in [9.17, 15) is 4.79 Å². The van der Waals surface area contributed by atoms with Crippen molar-refractivity contribution in [2.75, 3.05) is 56.2 Å². The highest BCUT2D eigenvalue weighted by Crippen LogP contribution is 2.21. The summed E-state index contributed by atoms with van der Waals surface area (Å²) < 4.78 is 5.21. The highest BCUT2D eigenvalue weighted by atomic mass is 16.5. The molecule has 2 aliphatic heterocycles. The van der Waals surface area contributed by atoms with E-state index >= 15 is 0 Å². The number of anilines is 2. The van der Waals surface area contributed by atoms with E-state index in [0.29, 0.717) is 18.7 Å². The van der Waals surface area contributed by atoms with Crippen LogP contribution in [0, 0.1) is 0 Å². The SMILES string of the molecule is COc1ccc(N2CCN(C(=O)c3cnc(N4CCCC4)nc3)CC2)cc1. The van der Waals surface area contributed by atoms with Gasteiger partial charge in [0.15, 0.2) is 0 Å². The summed E-state index contributed by atoms with van der Waals surface area (Å²) in [6.07, 6.45) is 5.70. The maximum absolute atomic E-state index is 12.8. The third-order valence-corrected chi connectivity index (χ3v) is 5.28. The van der Waals surface area contributed by atoms with Gasteiger partial charge in [-0.3, -0.25) is 4.79 Å². The van der Waals surface area contributed by atoms with Gasteiger partial charge in [0.05, 0.1) is 12.7 Å². The molecular formula is C20H25N5O2. The maximum Gasteiger partial charge on any atom is 0.257 e. The van der Waals surface area contributed by atoms with Crippen molar-refractivity contribution in [2.24, 2.45) is 0 Å². The second kappa shape index (κ2) is 7.82. The molecule has 0 atom stereocenters. The molecule has 0 radical (unpaired) electrons. The van der Waals surface area contributed by atoms with Crippen LogP contribution in [0.3, 0.4) is 0 Å². The largest absolute Gasteiger partial charge is 0.497 e. The van der Waals surface area contributed by atoms with E-state index in [1.807, 2.05) is 17.0 Å². The quantitative estimate of drug-likeness (QED) is 0.824. The standard InChI is InChI=1S/C20H25N5O2/c1-27-18-6-4-17(5-7-18)23-10-12-24(13-11-23)19(26)16-14-21-20(22-15-16)25-8-2-3-9-25/h4-7,14-15H,2-3,8-13H2,1H3. The Bertz CT molecular complexity index is 764. The van der Waals surface area contributed by atoms with Crippen molar-refractivity contribution in [3.8, 4) is 5.75 Å². The van der Waals surface area contributed by atoms with Crippen LogP contribution in [0.25, 0.3) is 0 Å². The van der Waals surface area contributed by atoms with E-state index in [0.717, 1.165) is 43.6 Å². The fourth-order valence-electron chi connectivity index (χ4n) is 3.66. The average Bonchev–Trinajstić information content (AvgIpc) is 3.28. The normalized spacial score (nSPS) is 17.3. The summed E-state index contributed by atoms with van der Waals surface area (Å²) in [4.78, 5) is 27.9. The predicted octanol–water partition coefficient (Wildman–Crippen LogP) is 2.05. The Morgan fingerprint density at radius 3 is 2.11 bits per heavy atom. The van der Waals surface area contributed by atoms with E-state index in [4.69, 9.17) is 4.74 Å². The van der Waals surface area contributed by atoms with E-state index in [1.54, 1.807) is 19.5 Å². The Balaban J connectivity index is 1.35. The number of benzene rings is 1. The van der Waals surface area contributed by atoms with Crippen molar-refractivity contribution in [3.05, 3.63) is 42.2 Å². The van der Waals surface area contributed by atoms with Crippen LogP contribution in [-0.4, -0.2) is 67.2 Å². The molecular weight excluding hydrogens is 342 g/mol. The van der Waals surface area contributed by atoms with Crippen LogP contribution in [0.4, 0.5) is 11.6 Å². The molecule has 0 aliphatic carbocycles. The number of carbonyl (C=O) groups excluding carboxylic acids is 1. The molecule has 2 aliphatic rings. The van der Waals surface area contributed by atoms with E-state index in [1.165, 1.54) is 12.8 Å². The van der Waals surface area contributed by atoms with Gasteiger partial charge in [0.2, 0.25) is 5.95 Å². The zero-order valence-electron chi connectivity index (χ0n) is 15.7. The van der Waals surface area contributed by atoms with Gasteiger partial charge in [-0.2, -0.15) is 0 Å². The van der Waals surface area contributed by atoms with Crippen LogP contribution in [0.15, 0.2) is 36.7 Å². The molecule has 4 rings (SSSR count). The summed E-state index contributed by atoms with van der Waals surface area (Å²) >= 11 is 0. The molecule has 0 unspecified atom stereocenters. The Hall–Kier alpha value is -2.83. The van der Waals surface area contributed by atoms with Crippen molar-refractivity contribution in [3.63, 3.8) is 0 Å².